The molecule has 1 aromatic heterocycles. The van der Waals surface area contributed by atoms with E-state index in [1.807, 2.05) is 11.8 Å². The molecule has 1 aromatic carbocycles. The average molecular weight is 549 g/mol. The van der Waals surface area contributed by atoms with Gasteiger partial charge in [0.2, 0.25) is 5.91 Å². The van der Waals surface area contributed by atoms with Gasteiger partial charge in [-0.2, -0.15) is 13.2 Å². The summed E-state index contributed by atoms with van der Waals surface area (Å²) >= 11 is 0. The lowest BCUT2D eigenvalue weighted by Gasteiger charge is -2.37. The second-order valence-corrected chi connectivity index (χ2v) is 11.3. The summed E-state index contributed by atoms with van der Waals surface area (Å²) in [6, 6.07) is 6.81. The van der Waals surface area contributed by atoms with E-state index < -0.39 is 17.3 Å². The molecular weight excluding hydrogens is 513 g/mol. The molecule has 3 fully saturated rings. The first-order valence-electron chi connectivity index (χ1n) is 13.7. The number of rotatable bonds is 7. The molecule has 2 aliphatic heterocycles. The maximum atomic E-state index is 12.8. The van der Waals surface area contributed by atoms with Crippen molar-refractivity contribution in [1.29, 1.82) is 0 Å². The molecule has 0 radical (unpaired) electrons. The van der Waals surface area contributed by atoms with Crippen LogP contribution in [0.3, 0.4) is 0 Å². The van der Waals surface area contributed by atoms with Gasteiger partial charge in [-0.25, -0.2) is 4.79 Å². The number of halogens is 3. The molecule has 1 N–H and O–H groups in total. The first kappa shape index (κ1) is 27.5. The second-order valence-electron chi connectivity index (χ2n) is 11.3. The molecule has 1 saturated carbocycles. The largest absolute Gasteiger partial charge is 0.441 e. The Morgan fingerprint density at radius 2 is 1.82 bits per heavy atom. The number of ether oxygens (including phenoxy) is 1. The van der Waals surface area contributed by atoms with Gasteiger partial charge in [0.1, 0.15) is 5.60 Å². The molecule has 2 saturated heterocycles. The number of alkyl halides is 3. The van der Waals surface area contributed by atoms with Gasteiger partial charge in [0.25, 0.3) is 0 Å². The maximum Gasteiger partial charge on any atom is 0.416 e. The predicted octanol–water partition coefficient (Wildman–Crippen LogP) is 5.16. The predicted molar refractivity (Wildman–Crippen MR) is 135 cm³/mol. The van der Waals surface area contributed by atoms with Crippen molar-refractivity contribution in [3.05, 3.63) is 53.4 Å². The Hall–Kier alpha value is -3.08. The number of nitrogens with one attached hydrogen (secondary N) is 1. The van der Waals surface area contributed by atoms with Crippen molar-refractivity contribution in [2.75, 3.05) is 26.2 Å². The van der Waals surface area contributed by atoms with Crippen molar-refractivity contribution >= 4 is 12.0 Å². The van der Waals surface area contributed by atoms with Crippen LogP contribution in [-0.2, 0) is 22.3 Å². The molecule has 5 rings (SSSR count). The van der Waals surface area contributed by atoms with Gasteiger partial charge in [-0.05, 0) is 56.2 Å². The fourth-order valence-corrected chi connectivity index (χ4v) is 6.04. The van der Waals surface area contributed by atoms with E-state index >= 15 is 0 Å². The van der Waals surface area contributed by atoms with Gasteiger partial charge in [-0.1, -0.05) is 17.3 Å². The summed E-state index contributed by atoms with van der Waals surface area (Å²) in [7, 11) is 0. The molecule has 1 atom stereocenters. The highest BCUT2D eigenvalue weighted by Gasteiger charge is 2.47. The Labute approximate surface area is 225 Å². The normalized spacial score (nSPS) is 24.5. The fraction of sp³-hybridized carbons (Fsp3) is 0.607. The Morgan fingerprint density at radius 1 is 1.13 bits per heavy atom. The van der Waals surface area contributed by atoms with Crippen LogP contribution in [0.25, 0.3) is 0 Å². The van der Waals surface area contributed by atoms with E-state index in [-0.39, 0.29) is 24.0 Å². The molecule has 39 heavy (non-hydrogen) atoms. The monoisotopic (exact) mass is 548 g/mol. The summed E-state index contributed by atoms with van der Waals surface area (Å²) in [6.07, 6.45) is 1.69. The van der Waals surface area contributed by atoms with Gasteiger partial charge in [-0.15, -0.1) is 0 Å². The SMILES string of the molecule is CC(NC(=O)[C@H]1CC[C@H](CN2CC3(CCN(Cc4ccc(C(F)(F)F)cc4)CC3)OC2=O)CC1)c1ccno1. The maximum absolute atomic E-state index is 12.8. The Bertz CT molecular complexity index is 1120. The topological polar surface area (TPSA) is 87.9 Å². The zero-order valence-corrected chi connectivity index (χ0v) is 22.1. The molecular formula is C28H35F3N4O4. The third-order valence-electron chi connectivity index (χ3n) is 8.44. The number of amides is 2. The van der Waals surface area contributed by atoms with Crippen molar-refractivity contribution in [2.24, 2.45) is 11.8 Å². The van der Waals surface area contributed by atoms with E-state index in [1.54, 1.807) is 12.3 Å². The lowest BCUT2D eigenvalue weighted by atomic mass is 9.81. The number of carbonyl (C=O) groups excluding carboxylic acids is 2. The smallest absolute Gasteiger partial charge is 0.416 e. The molecule has 212 valence electrons. The molecule has 1 spiro atoms. The van der Waals surface area contributed by atoms with Crippen molar-refractivity contribution < 1.29 is 32.0 Å². The molecule has 2 aromatic rings. The van der Waals surface area contributed by atoms with Crippen LogP contribution in [-0.4, -0.2) is 58.7 Å². The molecule has 2 amide bonds. The van der Waals surface area contributed by atoms with Gasteiger partial charge >= 0.3 is 12.3 Å². The van der Waals surface area contributed by atoms with Crippen LogP contribution in [0.2, 0.25) is 0 Å². The van der Waals surface area contributed by atoms with E-state index in [0.717, 1.165) is 56.5 Å². The van der Waals surface area contributed by atoms with E-state index in [0.29, 0.717) is 44.2 Å². The summed E-state index contributed by atoms with van der Waals surface area (Å²) in [4.78, 5) is 29.4. The number of hydrogen-bond acceptors (Lipinski definition) is 6. The van der Waals surface area contributed by atoms with Crippen molar-refractivity contribution in [3.8, 4) is 0 Å². The number of aromatic nitrogens is 1. The number of carbonyl (C=O) groups is 2. The van der Waals surface area contributed by atoms with Crippen molar-refractivity contribution in [1.82, 2.24) is 20.3 Å². The minimum atomic E-state index is -4.33. The van der Waals surface area contributed by atoms with E-state index in [2.05, 4.69) is 15.4 Å². The van der Waals surface area contributed by atoms with Gasteiger partial charge < -0.3 is 19.5 Å². The molecule has 3 heterocycles. The highest BCUT2D eigenvalue weighted by Crippen LogP contribution is 2.37. The Balaban J connectivity index is 1.05. The second kappa shape index (κ2) is 11.2. The van der Waals surface area contributed by atoms with Gasteiger partial charge in [0.15, 0.2) is 5.76 Å². The van der Waals surface area contributed by atoms with E-state index in [4.69, 9.17) is 9.26 Å². The third kappa shape index (κ3) is 6.57. The summed E-state index contributed by atoms with van der Waals surface area (Å²) < 4.78 is 49.5. The van der Waals surface area contributed by atoms with Crippen LogP contribution in [0.15, 0.2) is 41.1 Å². The zero-order chi connectivity index (χ0) is 27.6. The minimum absolute atomic E-state index is 0.0277. The third-order valence-corrected chi connectivity index (χ3v) is 8.44. The van der Waals surface area contributed by atoms with E-state index in [9.17, 15) is 22.8 Å². The quantitative estimate of drug-likeness (QED) is 0.514. The van der Waals surface area contributed by atoms with Crippen LogP contribution >= 0.6 is 0 Å². The van der Waals surface area contributed by atoms with Crippen molar-refractivity contribution in [2.45, 2.75) is 69.8 Å². The summed E-state index contributed by atoms with van der Waals surface area (Å²) in [6.45, 7) is 5.08. The van der Waals surface area contributed by atoms with E-state index in [1.165, 1.54) is 12.1 Å². The molecule has 1 unspecified atom stereocenters. The summed E-state index contributed by atoms with van der Waals surface area (Å²) in [5.74, 6) is 0.949. The lowest BCUT2D eigenvalue weighted by molar-refractivity contribution is -0.137. The van der Waals surface area contributed by atoms with Crippen LogP contribution in [0.1, 0.15) is 68.4 Å². The van der Waals surface area contributed by atoms with Crippen LogP contribution in [0.4, 0.5) is 18.0 Å². The van der Waals surface area contributed by atoms with Gasteiger partial charge in [-0.3, -0.25) is 9.69 Å². The van der Waals surface area contributed by atoms with Crippen LogP contribution in [0.5, 0.6) is 0 Å². The lowest BCUT2D eigenvalue weighted by Crippen LogP contribution is -2.46. The minimum Gasteiger partial charge on any atom is -0.441 e. The highest BCUT2D eigenvalue weighted by molar-refractivity contribution is 5.79. The molecule has 3 aliphatic rings. The van der Waals surface area contributed by atoms with Gasteiger partial charge in [0.05, 0.1) is 24.3 Å². The number of benzene rings is 1. The molecule has 8 nitrogen and oxygen atoms in total. The summed E-state index contributed by atoms with van der Waals surface area (Å²) in [5, 5.41) is 6.69. The standard InChI is InChI=1S/C28H35F3N4O4/c1-19(24-10-13-32-39-24)33-25(36)22-6-2-21(3-7-22)17-35-18-27(38-26(35)37)11-14-34(15-12-27)16-20-4-8-23(9-5-20)28(29,30)31/h4-5,8-10,13,19,21-22H,2-3,6-7,11-12,14-18H2,1H3,(H,33,36)/t19?,21-,22-. The molecule has 1 aliphatic carbocycles. The number of nitrogens with zero attached hydrogens (tertiary/aromatic N) is 3. The zero-order valence-electron chi connectivity index (χ0n) is 22.1. The molecule has 11 heteroatoms. The Kier molecular flexibility index (Phi) is 7.89. The first-order chi connectivity index (χ1) is 18.6. The van der Waals surface area contributed by atoms with Crippen LogP contribution in [0, 0.1) is 11.8 Å². The number of hydrogen-bond donors (Lipinski definition) is 1. The number of likely N-dealkylation sites (tertiary alicyclic amines) is 1. The average Bonchev–Trinajstić information content (AvgIpc) is 3.55. The number of piperidine rings is 1. The Morgan fingerprint density at radius 3 is 2.44 bits per heavy atom. The van der Waals surface area contributed by atoms with Crippen molar-refractivity contribution in [3.63, 3.8) is 0 Å². The van der Waals surface area contributed by atoms with Crippen LogP contribution < -0.4 is 5.32 Å². The molecule has 0 bridgehead atoms. The fourth-order valence-electron chi connectivity index (χ4n) is 6.04. The first-order valence-corrected chi connectivity index (χ1v) is 13.7. The summed E-state index contributed by atoms with van der Waals surface area (Å²) in [5.41, 5.74) is -0.307. The highest BCUT2D eigenvalue weighted by atomic mass is 19.4. The van der Waals surface area contributed by atoms with Gasteiger partial charge in [0, 0.05) is 51.0 Å².